The zero-order chi connectivity index (χ0) is 12.8. The summed E-state index contributed by atoms with van der Waals surface area (Å²) in [5, 5.41) is 5.29. The van der Waals surface area contributed by atoms with Crippen molar-refractivity contribution in [2.45, 2.75) is 13.0 Å². The Morgan fingerprint density at radius 2 is 2.28 bits per heavy atom. The fourth-order valence-corrected chi connectivity index (χ4v) is 2.53. The number of rotatable bonds is 6. The average Bonchev–Trinajstić information content (AvgIpc) is 2.90. The van der Waals surface area contributed by atoms with Crippen LogP contribution in [0.25, 0.3) is 0 Å². The van der Waals surface area contributed by atoms with Crippen LogP contribution in [0.1, 0.15) is 10.4 Å². The van der Waals surface area contributed by atoms with E-state index in [9.17, 15) is 0 Å². The number of likely N-dealkylation sites (N-methyl/N-ethyl adjacent to an activating group) is 1. The Morgan fingerprint density at radius 1 is 1.39 bits per heavy atom. The van der Waals surface area contributed by atoms with Crippen molar-refractivity contribution >= 4 is 17.2 Å². The Balaban J connectivity index is 1.95. The second-order valence-corrected chi connectivity index (χ2v) is 5.34. The molecule has 0 radical (unpaired) electrons. The van der Waals surface area contributed by atoms with Crippen LogP contribution in [0.15, 0.2) is 35.8 Å². The molecule has 0 atom stereocenters. The van der Waals surface area contributed by atoms with Gasteiger partial charge < -0.3 is 10.2 Å². The zero-order valence-corrected chi connectivity index (χ0v) is 11.7. The van der Waals surface area contributed by atoms with Gasteiger partial charge in [-0.05, 0) is 42.6 Å². The third-order valence-electron chi connectivity index (χ3n) is 2.86. The highest BCUT2D eigenvalue weighted by atomic mass is 32.1. The Labute approximate surface area is 112 Å². The first-order valence-electron chi connectivity index (χ1n) is 6.12. The molecule has 0 aliphatic heterocycles. The van der Waals surface area contributed by atoms with E-state index in [0.29, 0.717) is 0 Å². The Kier molecular flexibility index (Phi) is 4.73. The van der Waals surface area contributed by atoms with Crippen LogP contribution >= 0.6 is 11.3 Å². The molecule has 0 aromatic carbocycles. The molecule has 2 aromatic heterocycles. The lowest BCUT2D eigenvalue weighted by Crippen LogP contribution is -2.21. The summed E-state index contributed by atoms with van der Waals surface area (Å²) in [6, 6.07) is 8.48. The fourth-order valence-electron chi connectivity index (χ4n) is 1.83. The van der Waals surface area contributed by atoms with Gasteiger partial charge in [0, 0.05) is 31.2 Å². The van der Waals surface area contributed by atoms with Gasteiger partial charge in [0.1, 0.15) is 5.82 Å². The molecule has 2 heterocycles. The van der Waals surface area contributed by atoms with Gasteiger partial charge >= 0.3 is 0 Å². The van der Waals surface area contributed by atoms with Gasteiger partial charge in [-0.1, -0.05) is 6.07 Å². The second kappa shape index (κ2) is 6.52. The third kappa shape index (κ3) is 3.55. The molecule has 0 fully saturated rings. The number of nitrogens with one attached hydrogen (secondary N) is 1. The van der Waals surface area contributed by atoms with Crippen molar-refractivity contribution in [1.82, 2.24) is 10.3 Å². The Bertz CT molecular complexity index is 468. The average molecular weight is 261 g/mol. The van der Waals surface area contributed by atoms with Crippen molar-refractivity contribution in [2.24, 2.45) is 0 Å². The lowest BCUT2D eigenvalue weighted by Gasteiger charge is -2.18. The molecule has 96 valence electrons. The zero-order valence-electron chi connectivity index (χ0n) is 10.9. The van der Waals surface area contributed by atoms with E-state index in [2.05, 4.69) is 45.8 Å². The lowest BCUT2D eigenvalue weighted by molar-refractivity contribution is 0.810. The van der Waals surface area contributed by atoms with E-state index in [1.807, 2.05) is 30.6 Å². The highest BCUT2D eigenvalue weighted by Gasteiger charge is 2.04. The lowest BCUT2D eigenvalue weighted by atomic mass is 10.2. The highest BCUT2D eigenvalue weighted by Crippen LogP contribution is 2.14. The largest absolute Gasteiger partial charge is 0.359 e. The number of hydrogen-bond donors (Lipinski definition) is 1. The number of thiophene rings is 1. The number of nitrogens with zero attached hydrogens (tertiary/aromatic N) is 2. The molecule has 0 saturated heterocycles. The van der Waals surface area contributed by atoms with Crippen molar-refractivity contribution in [3.05, 3.63) is 46.3 Å². The summed E-state index contributed by atoms with van der Waals surface area (Å²) in [7, 11) is 4.06. The fraction of sp³-hybridized carbons (Fsp3) is 0.357. The quantitative estimate of drug-likeness (QED) is 0.866. The standard InChI is InChI=1S/C14H19N3S/c1-15-11-12-5-7-16-14(10-12)17(2)8-6-13-4-3-9-18-13/h3-5,7,9-10,15H,6,8,11H2,1-2H3. The van der Waals surface area contributed by atoms with Crippen molar-refractivity contribution < 1.29 is 0 Å². The molecular weight excluding hydrogens is 242 g/mol. The predicted octanol–water partition coefficient (Wildman–Crippen LogP) is 2.54. The van der Waals surface area contributed by atoms with Crippen molar-refractivity contribution in [1.29, 1.82) is 0 Å². The highest BCUT2D eigenvalue weighted by molar-refractivity contribution is 7.09. The maximum atomic E-state index is 4.42. The Morgan fingerprint density at radius 3 is 3.00 bits per heavy atom. The van der Waals surface area contributed by atoms with E-state index < -0.39 is 0 Å². The van der Waals surface area contributed by atoms with Gasteiger partial charge in [-0.3, -0.25) is 0 Å². The van der Waals surface area contributed by atoms with Gasteiger partial charge in [0.05, 0.1) is 0 Å². The molecule has 0 saturated carbocycles. The summed E-state index contributed by atoms with van der Waals surface area (Å²) < 4.78 is 0. The summed E-state index contributed by atoms with van der Waals surface area (Å²) in [5.74, 6) is 1.04. The van der Waals surface area contributed by atoms with Crippen molar-refractivity contribution in [3.8, 4) is 0 Å². The van der Waals surface area contributed by atoms with Gasteiger partial charge in [0.2, 0.25) is 0 Å². The molecule has 2 aromatic rings. The van der Waals surface area contributed by atoms with E-state index in [1.165, 1.54) is 10.4 Å². The third-order valence-corrected chi connectivity index (χ3v) is 3.79. The first-order chi connectivity index (χ1) is 8.79. The van der Waals surface area contributed by atoms with Crippen LogP contribution in [0.5, 0.6) is 0 Å². The molecule has 18 heavy (non-hydrogen) atoms. The minimum absolute atomic E-state index is 0.883. The van der Waals surface area contributed by atoms with E-state index in [1.54, 1.807) is 0 Å². The molecular formula is C14H19N3S. The first kappa shape index (κ1) is 13.1. The smallest absolute Gasteiger partial charge is 0.128 e. The topological polar surface area (TPSA) is 28.2 Å². The number of aromatic nitrogens is 1. The molecule has 2 rings (SSSR count). The summed E-state index contributed by atoms with van der Waals surface area (Å²) in [5.41, 5.74) is 1.27. The molecule has 0 aliphatic rings. The summed E-state index contributed by atoms with van der Waals surface area (Å²) >= 11 is 1.81. The molecule has 0 spiro atoms. The molecule has 0 amide bonds. The number of anilines is 1. The molecule has 0 aliphatic carbocycles. The number of hydrogen-bond acceptors (Lipinski definition) is 4. The Hall–Kier alpha value is -1.39. The normalized spacial score (nSPS) is 10.6. The van der Waals surface area contributed by atoms with E-state index in [0.717, 1.165) is 25.3 Å². The SMILES string of the molecule is CNCc1ccnc(N(C)CCc2cccs2)c1. The molecule has 3 nitrogen and oxygen atoms in total. The number of pyridine rings is 1. The van der Waals surface area contributed by atoms with Crippen LogP contribution in [0.3, 0.4) is 0 Å². The minimum atomic E-state index is 0.883. The molecule has 0 bridgehead atoms. The van der Waals surface area contributed by atoms with Gasteiger partial charge in [-0.15, -0.1) is 11.3 Å². The molecule has 1 N–H and O–H groups in total. The second-order valence-electron chi connectivity index (χ2n) is 4.30. The van der Waals surface area contributed by atoms with Gasteiger partial charge in [0.15, 0.2) is 0 Å². The van der Waals surface area contributed by atoms with E-state index in [-0.39, 0.29) is 0 Å². The van der Waals surface area contributed by atoms with E-state index >= 15 is 0 Å². The monoisotopic (exact) mass is 261 g/mol. The van der Waals surface area contributed by atoms with E-state index in [4.69, 9.17) is 0 Å². The summed E-state index contributed by atoms with van der Waals surface area (Å²) in [4.78, 5) is 8.05. The van der Waals surface area contributed by atoms with Gasteiger partial charge in [0.25, 0.3) is 0 Å². The minimum Gasteiger partial charge on any atom is -0.359 e. The van der Waals surface area contributed by atoms with Crippen LogP contribution in [0.4, 0.5) is 5.82 Å². The van der Waals surface area contributed by atoms with Gasteiger partial charge in [-0.2, -0.15) is 0 Å². The maximum absolute atomic E-state index is 4.42. The van der Waals surface area contributed by atoms with Gasteiger partial charge in [-0.25, -0.2) is 4.98 Å². The van der Waals surface area contributed by atoms with Crippen LogP contribution in [0, 0.1) is 0 Å². The molecule has 4 heteroatoms. The maximum Gasteiger partial charge on any atom is 0.128 e. The summed E-state index contributed by atoms with van der Waals surface area (Å²) in [6.07, 6.45) is 2.95. The first-order valence-corrected chi connectivity index (χ1v) is 7.00. The van der Waals surface area contributed by atoms with Crippen LogP contribution < -0.4 is 10.2 Å². The van der Waals surface area contributed by atoms with Crippen molar-refractivity contribution in [2.75, 3.05) is 25.5 Å². The van der Waals surface area contributed by atoms with Crippen LogP contribution in [-0.2, 0) is 13.0 Å². The van der Waals surface area contributed by atoms with Crippen molar-refractivity contribution in [3.63, 3.8) is 0 Å². The predicted molar refractivity (Wildman–Crippen MR) is 78.3 cm³/mol. The molecule has 0 unspecified atom stereocenters. The van der Waals surface area contributed by atoms with Crippen LogP contribution in [-0.4, -0.2) is 25.6 Å². The summed E-state index contributed by atoms with van der Waals surface area (Å²) in [6.45, 7) is 1.88. The van der Waals surface area contributed by atoms with Crippen LogP contribution in [0.2, 0.25) is 0 Å².